The number of rotatable bonds is 3. The van der Waals surface area contributed by atoms with E-state index in [1.54, 1.807) is 6.20 Å². The van der Waals surface area contributed by atoms with Crippen LogP contribution < -0.4 is 0 Å². The first kappa shape index (κ1) is 11.1. The van der Waals surface area contributed by atoms with Gasteiger partial charge in [-0.15, -0.1) is 15.3 Å². The Bertz CT molecular complexity index is 600. The first-order valence-electron chi connectivity index (χ1n) is 4.33. The van der Waals surface area contributed by atoms with Crippen molar-refractivity contribution in [2.45, 2.75) is 12.7 Å². The SMILES string of the molecule is Cc1nnc(-n2cc(CS(C)(=O)=O)nn2)s1. The number of nitrogens with zero attached hydrogens (tertiary/aromatic N) is 5. The zero-order valence-electron chi connectivity index (χ0n) is 8.65. The van der Waals surface area contributed by atoms with Crippen molar-refractivity contribution < 1.29 is 8.42 Å². The molecule has 0 saturated heterocycles. The topological polar surface area (TPSA) is 90.6 Å². The predicted molar refractivity (Wildman–Crippen MR) is 58.1 cm³/mol. The molecule has 0 aromatic carbocycles. The van der Waals surface area contributed by atoms with Gasteiger partial charge in [0.25, 0.3) is 0 Å². The van der Waals surface area contributed by atoms with Crippen LogP contribution in [0.25, 0.3) is 5.13 Å². The molecule has 0 aliphatic rings. The van der Waals surface area contributed by atoms with E-state index >= 15 is 0 Å². The second-order valence-corrected chi connectivity index (χ2v) is 6.63. The quantitative estimate of drug-likeness (QED) is 0.769. The average Bonchev–Trinajstić information content (AvgIpc) is 2.71. The van der Waals surface area contributed by atoms with Crippen LogP contribution in [0, 0.1) is 6.92 Å². The summed E-state index contributed by atoms with van der Waals surface area (Å²) < 4.78 is 23.5. The van der Waals surface area contributed by atoms with Crippen LogP contribution in [0.5, 0.6) is 0 Å². The van der Waals surface area contributed by atoms with E-state index in [1.807, 2.05) is 6.92 Å². The molecule has 0 unspecified atom stereocenters. The number of hydrogen-bond donors (Lipinski definition) is 0. The minimum absolute atomic E-state index is 0.120. The van der Waals surface area contributed by atoms with Crippen molar-refractivity contribution in [3.8, 4) is 5.13 Å². The first-order valence-corrected chi connectivity index (χ1v) is 7.21. The number of sulfone groups is 1. The Balaban J connectivity index is 2.26. The van der Waals surface area contributed by atoms with Gasteiger partial charge >= 0.3 is 0 Å². The summed E-state index contributed by atoms with van der Waals surface area (Å²) in [6.07, 6.45) is 2.70. The summed E-state index contributed by atoms with van der Waals surface area (Å²) >= 11 is 1.36. The van der Waals surface area contributed by atoms with Gasteiger partial charge in [-0.2, -0.15) is 4.68 Å². The van der Waals surface area contributed by atoms with Crippen LogP contribution in [-0.2, 0) is 15.6 Å². The molecule has 7 nitrogen and oxygen atoms in total. The van der Waals surface area contributed by atoms with Crippen molar-refractivity contribution in [1.29, 1.82) is 0 Å². The lowest BCUT2D eigenvalue weighted by atomic mass is 10.6. The lowest BCUT2D eigenvalue weighted by Crippen LogP contribution is -2.00. The van der Waals surface area contributed by atoms with E-state index in [0.29, 0.717) is 10.8 Å². The molecule has 0 amide bonds. The minimum atomic E-state index is -3.09. The summed E-state index contributed by atoms with van der Waals surface area (Å²) in [4.78, 5) is 0. The average molecular weight is 259 g/mol. The molecular weight excluding hydrogens is 250 g/mol. The monoisotopic (exact) mass is 259 g/mol. The van der Waals surface area contributed by atoms with Crippen LogP contribution in [0.2, 0.25) is 0 Å². The summed E-state index contributed by atoms with van der Waals surface area (Å²) in [5, 5.41) is 16.7. The van der Waals surface area contributed by atoms with Gasteiger partial charge < -0.3 is 0 Å². The fourth-order valence-electron chi connectivity index (χ4n) is 1.11. The molecule has 0 aliphatic heterocycles. The van der Waals surface area contributed by atoms with Crippen molar-refractivity contribution in [3.63, 3.8) is 0 Å². The second kappa shape index (κ2) is 3.91. The highest BCUT2D eigenvalue weighted by Gasteiger charge is 2.11. The fraction of sp³-hybridized carbons (Fsp3) is 0.429. The zero-order valence-corrected chi connectivity index (χ0v) is 10.3. The van der Waals surface area contributed by atoms with Crippen LogP contribution in [0.1, 0.15) is 10.7 Å². The molecule has 0 bridgehead atoms. The van der Waals surface area contributed by atoms with Crippen molar-refractivity contribution in [2.75, 3.05) is 6.26 Å². The number of aryl methyl sites for hydroxylation is 1. The molecule has 86 valence electrons. The second-order valence-electron chi connectivity index (χ2n) is 3.33. The Kier molecular flexibility index (Phi) is 2.72. The highest BCUT2D eigenvalue weighted by Crippen LogP contribution is 2.13. The molecule has 0 spiro atoms. The molecule has 0 aliphatic carbocycles. The Hall–Kier alpha value is -1.35. The third kappa shape index (κ3) is 2.61. The first-order chi connectivity index (χ1) is 7.44. The highest BCUT2D eigenvalue weighted by molar-refractivity contribution is 7.89. The van der Waals surface area contributed by atoms with Crippen LogP contribution in [0.3, 0.4) is 0 Å². The summed E-state index contributed by atoms with van der Waals surface area (Å²) in [6.45, 7) is 1.83. The van der Waals surface area contributed by atoms with Crippen molar-refractivity contribution in [1.82, 2.24) is 25.2 Å². The van der Waals surface area contributed by atoms with E-state index in [4.69, 9.17) is 0 Å². The third-order valence-corrected chi connectivity index (χ3v) is 3.31. The lowest BCUT2D eigenvalue weighted by Gasteiger charge is -1.90. The van der Waals surface area contributed by atoms with Gasteiger partial charge in [-0.05, 0) is 6.92 Å². The maximum atomic E-state index is 11.0. The van der Waals surface area contributed by atoms with E-state index in [0.717, 1.165) is 11.3 Å². The summed E-state index contributed by atoms with van der Waals surface area (Å²) in [5.74, 6) is -0.120. The third-order valence-electron chi connectivity index (χ3n) is 1.66. The van der Waals surface area contributed by atoms with E-state index in [1.165, 1.54) is 16.0 Å². The number of hydrogen-bond acceptors (Lipinski definition) is 7. The van der Waals surface area contributed by atoms with E-state index < -0.39 is 9.84 Å². The normalized spacial score (nSPS) is 11.9. The van der Waals surface area contributed by atoms with E-state index in [-0.39, 0.29) is 5.75 Å². The Morgan fingerprint density at radius 3 is 2.69 bits per heavy atom. The molecule has 2 heterocycles. The summed E-state index contributed by atoms with van der Waals surface area (Å²) in [6, 6.07) is 0. The maximum absolute atomic E-state index is 11.0. The van der Waals surface area contributed by atoms with Gasteiger partial charge in [-0.1, -0.05) is 16.6 Å². The van der Waals surface area contributed by atoms with Crippen LogP contribution in [0.4, 0.5) is 0 Å². The molecule has 0 radical (unpaired) electrons. The van der Waals surface area contributed by atoms with Gasteiger partial charge in [0.1, 0.15) is 5.01 Å². The van der Waals surface area contributed by atoms with Crippen molar-refractivity contribution in [2.24, 2.45) is 0 Å². The Labute approximate surface area is 96.1 Å². The van der Waals surface area contributed by atoms with Gasteiger partial charge in [-0.3, -0.25) is 0 Å². The van der Waals surface area contributed by atoms with Gasteiger partial charge in [0.2, 0.25) is 5.13 Å². The Morgan fingerprint density at radius 1 is 1.38 bits per heavy atom. The largest absolute Gasteiger partial charge is 0.234 e. The molecule has 9 heteroatoms. The molecule has 2 rings (SSSR count). The maximum Gasteiger partial charge on any atom is 0.234 e. The predicted octanol–water partition coefficient (Wildman–Crippen LogP) is -0.0282. The van der Waals surface area contributed by atoms with Crippen LogP contribution in [0.15, 0.2) is 6.20 Å². The molecule has 2 aromatic heterocycles. The summed E-state index contributed by atoms with van der Waals surface area (Å²) in [7, 11) is -3.09. The lowest BCUT2D eigenvalue weighted by molar-refractivity contribution is 0.600. The molecular formula is C7H9N5O2S2. The van der Waals surface area contributed by atoms with Gasteiger partial charge in [0, 0.05) is 6.26 Å². The smallest absolute Gasteiger partial charge is 0.229 e. The molecule has 2 aromatic rings. The zero-order chi connectivity index (χ0) is 11.8. The standard InChI is InChI=1S/C7H9N5O2S2/c1-5-8-10-7(15-5)12-3-6(9-11-12)4-16(2,13)14/h3H,4H2,1-2H3. The molecule has 0 atom stereocenters. The van der Waals surface area contributed by atoms with Crippen molar-refractivity contribution in [3.05, 3.63) is 16.9 Å². The highest BCUT2D eigenvalue weighted by atomic mass is 32.2. The molecule has 16 heavy (non-hydrogen) atoms. The molecule has 0 fully saturated rings. The van der Waals surface area contributed by atoms with E-state index in [2.05, 4.69) is 20.5 Å². The fourth-order valence-corrected chi connectivity index (χ4v) is 2.39. The van der Waals surface area contributed by atoms with Crippen molar-refractivity contribution >= 4 is 21.2 Å². The Morgan fingerprint density at radius 2 is 2.12 bits per heavy atom. The molecule has 0 saturated carbocycles. The summed E-state index contributed by atoms with van der Waals surface area (Å²) in [5.41, 5.74) is 0.398. The number of aromatic nitrogens is 5. The van der Waals surface area contributed by atoms with Crippen LogP contribution >= 0.6 is 11.3 Å². The van der Waals surface area contributed by atoms with Gasteiger partial charge in [0.15, 0.2) is 9.84 Å². The molecule has 0 N–H and O–H groups in total. The minimum Gasteiger partial charge on any atom is -0.229 e. The van der Waals surface area contributed by atoms with Gasteiger partial charge in [0.05, 0.1) is 17.6 Å². The van der Waals surface area contributed by atoms with E-state index in [9.17, 15) is 8.42 Å². The van der Waals surface area contributed by atoms with Gasteiger partial charge in [-0.25, -0.2) is 8.42 Å². The van der Waals surface area contributed by atoms with Crippen LogP contribution in [-0.4, -0.2) is 39.9 Å².